The molecule has 0 aliphatic carbocycles. The summed E-state index contributed by atoms with van der Waals surface area (Å²) in [6, 6.07) is 41.3. The quantitative estimate of drug-likeness (QED) is 0.129. The third-order valence-corrected chi connectivity index (χ3v) is 6.87. The van der Waals surface area contributed by atoms with Crippen molar-refractivity contribution < 1.29 is 14.3 Å². The van der Waals surface area contributed by atoms with E-state index in [-0.39, 0.29) is 5.97 Å². The van der Waals surface area contributed by atoms with E-state index in [1.165, 1.54) is 28.7 Å². The van der Waals surface area contributed by atoms with Crippen LogP contribution in [-0.2, 0) is 4.79 Å². The Morgan fingerprint density at radius 3 is 1.67 bits per heavy atom. The highest BCUT2D eigenvalue weighted by Gasteiger charge is 2.12. The fourth-order valence-electron chi connectivity index (χ4n) is 5.06. The predicted molar refractivity (Wildman–Crippen MR) is 158 cm³/mol. The Balaban J connectivity index is 1.42. The Morgan fingerprint density at radius 2 is 1.15 bits per heavy atom. The van der Waals surface area contributed by atoms with Crippen LogP contribution < -0.4 is 9.47 Å². The molecular weight excluding hydrogens is 482 g/mol. The van der Waals surface area contributed by atoms with Gasteiger partial charge in [-0.1, -0.05) is 72.8 Å². The zero-order valence-electron chi connectivity index (χ0n) is 21.8. The van der Waals surface area contributed by atoms with E-state index in [0.29, 0.717) is 5.75 Å². The van der Waals surface area contributed by atoms with Crippen LogP contribution in [0.3, 0.4) is 0 Å². The molecule has 0 unspecified atom stereocenters. The fourth-order valence-corrected chi connectivity index (χ4v) is 5.06. The van der Waals surface area contributed by atoms with E-state index in [4.69, 9.17) is 9.47 Å². The maximum absolute atomic E-state index is 11.4. The average molecular weight is 510 g/mol. The molecule has 0 spiro atoms. The van der Waals surface area contributed by atoms with Gasteiger partial charge >= 0.3 is 5.97 Å². The van der Waals surface area contributed by atoms with Gasteiger partial charge in [-0.2, -0.15) is 0 Å². The lowest BCUT2D eigenvalue weighted by Crippen LogP contribution is -2.01. The number of nitrogens with zero attached hydrogens (tertiary/aromatic N) is 1. The SMILES string of the molecule is COc1ccc(C(=Cc2ccc(-n3c4ccccc4c4ccccc43)cc2)c2ccc(OC(C)=O)cc2)cc1. The van der Waals surface area contributed by atoms with E-state index in [2.05, 4.69) is 95.6 Å². The van der Waals surface area contributed by atoms with Crippen molar-refractivity contribution in [2.45, 2.75) is 6.92 Å². The number of ether oxygens (including phenoxy) is 2. The summed E-state index contributed by atoms with van der Waals surface area (Å²) < 4.78 is 12.9. The largest absolute Gasteiger partial charge is 0.497 e. The molecule has 6 rings (SSSR count). The summed E-state index contributed by atoms with van der Waals surface area (Å²) >= 11 is 0. The van der Waals surface area contributed by atoms with Crippen LogP contribution >= 0.6 is 0 Å². The number of carbonyl (C=O) groups excluding carboxylic acids is 1. The Bertz CT molecular complexity index is 1760. The van der Waals surface area contributed by atoms with E-state index in [1.807, 2.05) is 36.4 Å². The fraction of sp³-hybridized carbons (Fsp3) is 0.0571. The van der Waals surface area contributed by atoms with Crippen LogP contribution in [0.5, 0.6) is 11.5 Å². The normalized spacial score (nSPS) is 11.6. The number of methoxy groups -OCH3 is 1. The van der Waals surface area contributed by atoms with E-state index in [9.17, 15) is 4.79 Å². The lowest BCUT2D eigenvalue weighted by atomic mass is 9.95. The van der Waals surface area contributed by atoms with E-state index in [0.717, 1.165) is 33.7 Å². The molecule has 5 aromatic carbocycles. The minimum absolute atomic E-state index is 0.336. The molecule has 0 fully saturated rings. The Morgan fingerprint density at radius 1 is 0.641 bits per heavy atom. The van der Waals surface area contributed by atoms with Crippen molar-refractivity contribution in [3.05, 3.63) is 138 Å². The summed E-state index contributed by atoms with van der Waals surface area (Å²) in [5.41, 5.74) is 7.69. The predicted octanol–water partition coefficient (Wildman–Crippen LogP) is 8.31. The molecule has 0 aliphatic heterocycles. The first-order valence-electron chi connectivity index (χ1n) is 12.8. The highest BCUT2D eigenvalue weighted by atomic mass is 16.5. The number of esters is 1. The van der Waals surface area contributed by atoms with Gasteiger partial charge in [-0.15, -0.1) is 0 Å². The van der Waals surface area contributed by atoms with Crippen LogP contribution in [0.1, 0.15) is 23.6 Å². The number of aromatic nitrogens is 1. The van der Waals surface area contributed by atoms with Crippen LogP contribution in [-0.4, -0.2) is 17.6 Å². The van der Waals surface area contributed by atoms with Crippen LogP contribution in [0.2, 0.25) is 0 Å². The van der Waals surface area contributed by atoms with Crippen molar-refractivity contribution in [1.82, 2.24) is 4.57 Å². The number of para-hydroxylation sites is 2. The summed E-state index contributed by atoms with van der Waals surface area (Å²) in [6.45, 7) is 1.40. The molecule has 190 valence electrons. The molecule has 0 saturated carbocycles. The summed E-state index contributed by atoms with van der Waals surface area (Å²) in [6.07, 6.45) is 2.18. The lowest BCUT2D eigenvalue weighted by molar-refractivity contribution is -0.131. The topological polar surface area (TPSA) is 40.5 Å². The zero-order chi connectivity index (χ0) is 26.8. The van der Waals surface area contributed by atoms with Gasteiger partial charge in [0.15, 0.2) is 0 Å². The zero-order valence-corrected chi connectivity index (χ0v) is 21.8. The molecule has 1 aromatic heterocycles. The van der Waals surface area contributed by atoms with Crippen LogP contribution in [0.15, 0.2) is 121 Å². The molecule has 1 heterocycles. The smallest absolute Gasteiger partial charge is 0.308 e. The maximum Gasteiger partial charge on any atom is 0.308 e. The molecule has 4 heteroatoms. The van der Waals surface area contributed by atoms with Crippen molar-refractivity contribution >= 4 is 39.4 Å². The molecule has 0 N–H and O–H groups in total. The van der Waals surface area contributed by atoms with Crippen LogP contribution in [0.25, 0.3) is 39.1 Å². The number of fused-ring (bicyclic) bond motifs is 3. The van der Waals surface area contributed by atoms with Gasteiger partial charge in [-0.05, 0) is 76.9 Å². The third-order valence-electron chi connectivity index (χ3n) is 6.87. The molecule has 6 aromatic rings. The van der Waals surface area contributed by atoms with E-state index >= 15 is 0 Å². The Kier molecular flexibility index (Phi) is 6.44. The van der Waals surface area contributed by atoms with Gasteiger partial charge in [0.1, 0.15) is 11.5 Å². The second kappa shape index (κ2) is 10.3. The van der Waals surface area contributed by atoms with Crippen LogP contribution in [0, 0.1) is 0 Å². The molecule has 0 radical (unpaired) electrons. The lowest BCUT2D eigenvalue weighted by Gasteiger charge is -2.12. The molecular formula is C35H27NO3. The molecule has 4 nitrogen and oxygen atoms in total. The van der Waals surface area contributed by atoms with E-state index < -0.39 is 0 Å². The number of hydrogen-bond acceptors (Lipinski definition) is 3. The molecule has 0 atom stereocenters. The summed E-state index contributed by atoms with van der Waals surface area (Å²) in [7, 11) is 1.66. The monoisotopic (exact) mass is 509 g/mol. The second-order valence-corrected chi connectivity index (χ2v) is 9.37. The van der Waals surface area contributed by atoms with Gasteiger partial charge in [-0.3, -0.25) is 4.79 Å². The molecule has 0 amide bonds. The summed E-state index contributed by atoms with van der Waals surface area (Å²) in [5, 5.41) is 2.49. The highest BCUT2D eigenvalue weighted by Crippen LogP contribution is 2.33. The Hall–Kier alpha value is -5.09. The first-order chi connectivity index (χ1) is 19.1. The van der Waals surface area contributed by atoms with Gasteiger partial charge < -0.3 is 14.0 Å². The standard InChI is InChI=1S/C35H27NO3/c1-24(37)39-30-21-15-27(16-22-30)33(26-13-19-29(38-2)20-14-26)23-25-11-17-28(18-12-25)36-34-9-5-3-7-31(34)32-8-4-6-10-35(32)36/h3-23H,1-2H3. The minimum atomic E-state index is -0.336. The van der Waals surface area contributed by atoms with Crippen molar-refractivity contribution in [3.63, 3.8) is 0 Å². The van der Waals surface area contributed by atoms with Crippen molar-refractivity contribution in [3.8, 4) is 17.2 Å². The molecule has 0 aliphatic rings. The number of hydrogen-bond donors (Lipinski definition) is 0. The average Bonchev–Trinajstić information content (AvgIpc) is 3.31. The second-order valence-electron chi connectivity index (χ2n) is 9.37. The van der Waals surface area contributed by atoms with E-state index in [1.54, 1.807) is 7.11 Å². The summed E-state index contributed by atoms with van der Waals surface area (Å²) in [5.74, 6) is 0.992. The van der Waals surface area contributed by atoms with Gasteiger partial charge in [0.05, 0.1) is 18.1 Å². The van der Waals surface area contributed by atoms with Crippen molar-refractivity contribution in [2.24, 2.45) is 0 Å². The number of rotatable bonds is 6. The van der Waals surface area contributed by atoms with Gasteiger partial charge in [0.25, 0.3) is 0 Å². The third kappa shape index (κ3) is 4.80. The highest BCUT2D eigenvalue weighted by molar-refractivity contribution is 6.09. The number of carbonyl (C=O) groups is 1. The number of benzene rings is 5. The Labute approximate surface area is 227 Å². The first-order valence-corrected chi connectivity index (χ1v) is 12.8. The molecule has 0 saturated heterocycles. The summed E-state index contributed by atoms with van der Waals surface area (Å²) in [4.78, 5) is 11.4. The van der Waals surface area contributed by atoms with Gasteiger partial charge in [-0.25, -0.2) is 0 Å². The van der Waals surface area contributed by atoms with Gasteiger partial charge in [0, 0.05) is 23.4 Å². The van der Waals surface area contributed by atoms with Crippen molar-refractivity contribution in [2.75, 3.05) is 7.11 Å². The molecule has 39 heavy (non-hydrogen) atoms. The first kappa shape index (κ1) is 24.3. The van der Waals surface area contributed by atoms with Gasteiger partial charge in [0.2, 0.25) is 0 Å². The van der Waals surface area contributed by atoms with Crippen molar-refractivity contribution in [1.29, 1.82) is 0 Å². The minimum Gasteiger partial charge on any atom is -0.497 e. The molecule has 0 bridgehead atoms. The maximum atomic E-state index is 11.4. The van der Waals surface area contributed by atoms with Crippen LogP contribution in [0.4, 0.5) is 0 Å².